The number of aryl methyl sites for hydroxylation is 1. The van der Waals surface area contributed by atoms with E-state index in [4.69, 9.17) is 4.74 Å². The van der Waals surface area contributed by atoms with Crippen molar-refractivity contribution >= 4 is 34.7 Å². The van der Waals surface area contributed by atoms with Crippen LogP contribution in [-0.4, -0.2) is 44.9 Å². The SMILES string of the molecule is COc1ccc(-n2c(SCC(=O)NN=Cc3c(O)ccc4ccccc34)nnc2-c2ccc(C)cc2)cc1. The van der Waals surface area contributed by atoms with Crippen LogP contribution in [0.1, 0.15) is 11.1 Å². The number of carbonyl (C=O) groups excluding carboxylic acids is 1. The number of carbonyl (C=O) groups is 1. The Balaban J connectivity index is 1.34. The molecule has 0 unspecified atom stereocenters. The van der Waals surface area contributed by atoms with Gasteiger partial charge in [0, 0.05) is 16.8 Å². The molecule has 8 nitrogen and oxygen atoms in total. The summed E-state index contributed by atoms with van der Waals surface area (Å²) in [6.45, 7) is 2.03. The summed E-state index contributed by atoms with van der Waals surface area (Å²) in [7, 11) is 1.62. The summed E-state index contributed by atoms with van der Waals surface area (Å²) in [5.41, 5.74) is 5.98. The van der Waals surface area contributed by atoms with Crippen molar-refractivity contribution in [1.82, 2.24) is 20.2 Å². The van der Waals surface area contributed by atoms with Gasteiger partial charge in [0.15, 0.2) is 11.0 Å². The number of phenolic OH excluding ortho intramolecular Hbond substituents is 1. The van der Waals surface area contributed by atoms with E-state index in [-0.39, 0.29) is 17.4 Å². The molecular weight excluding hydrogens is 498 g/mol. The summed E-state index contributed by atoms with van der Waals surface area (Å²) in [5, 5.41) is 25.5. The molecule has 0 aliphatic heterocycles. The van der Waals surface area contributed by atoms with E-state index in [1.54, 1.807) is 13.2 Å². The normalized spacial score (nSPS) is 11.2. The average molecular weight is 524 g/mol. The summed E-state index contributed by atoms with van der Waals surface area (Å²) < 4.78 is 7.21. The van der Waals surface area contributed by atoms with Crippen molar-refractivity contribution in [3.63, 3.8) is 0 Å². The van der Waals surface area contributed by atoms with E-state index in [2.05, 4.69) is 20.7 Å². The van der Waals surface area contributed by atoms with Crippen molar-refractivity contribution in [3.8, 4) is 28.6 Å². The minimum atomic E-state index is -0.313. The van der Waals surface area contributed by atoms with Gasteiger partial charge >= 0.3 is 0 Å². The van der Waals surface area contributed by atoms with Gasteiger partial charge in [-0.2, -0.15) is 5.10 Å². The number of thioether (sulfide) groups is 1. The molecule has 9 heteroatoms. The Morgan fingerprint density at radius 2 is 1.79 bits per heavy atom. The van der Waals surface area contributed by atoms with Crippen molar-refractivity contribution in [2.45, 2.75) is 12.1 Å². The van der Waals surface area contributed by atoms with Gasteiger partial charge in [-0.05, 0) is 48.0 Å². The van der Waals surface area contributed by atoms with Crippen LogP contribution < -0.4 is 10.2 Å². The number of aromatic nitrogens is 3. The number of ether oxygens (including phenoxy) is 1. The van der Waals surface area contributed by atoms with Gasteiger partial charge in [-0.25, -0.2) is 5.43 Å². The van der Waals surface area contributed by atoms with Gasteiger partial charge < -0.3 is 9.84 Å². The predicted octanol–water partition coefficient (Wildman–Crippen LogP) is 5.35. The molecule has 0 fully saturated rings. The molecule has 2 N–H and O–H groups in total. The maximum atomic E-state index is 12.6. The Labute approximate surface area is 224 Å². The van der Waals surface area contributed by atoms with Crippen molar-refractivity contribution in [3.05, 3.63) is 96.1 Å². The standard InChI is InChI=1S/C29H25N5O3S/c1-19-7-9-21(10-8-19)28-32-33-29(34(28)22-12-14-23(37-2)15-13-22)38-18-27(36)31-30-17-25-24-6-4-3-5-20(24)11-16-26(25)35/h3-17,35H,18H2,1-2H3,(H,31,36). The van der Waals surface area contributed by atoms with Crippen LogP contribution in [0.25, 0.3) is 27.8 Å². The van der Waals surface area contributed by atoms with Crippen LogP contribution in [0.5, 0.6) is 11.5 Å². The molecule has 190 valence electrons. The monoisotopic (exact) mass is 523 g/mol. The summed E-state index contributed by atoms with van der Waals surface area (Å²) in [6.07, 6.45) is 1.45. The Kier molecular flexibility index (Phi) is 7.37. The van der Waals surface area contributed by atoms with Gasteiger partial charge in [-0.3, -0.25) is 9.36 Å². The van der Waals surface area contributed by atoms with E-state index in [9.17, 15) is 9.90 Å². The van der Waals surface area contributed by atoms with Crippen molar-refractivity contribution in [2.24, 2.45) is 5.10 Å². The molecule has 5 aromatic rings. The third kappa shape index (κ3) is 5.37. The minimum Gasteiger partial charge on any atom is -0.507 e. The van der Waals surface area contributed by atoms with E-state index in [0.717, 1.165) is 33.3 Å². The van der Waals surface area contributed by atoms with Gasteiger partial charge in [0.1, 0.15) is 11.5 Å². The molecule has 0 saturated heterocycles. The van der Waals surface area contributed by atoms with E-state index >= 15 is 0 Å². The van der Waals surface area contributed by atoms with E-state index in [1.165, 1.54) is 18.0 Å². The van der Waals surface area contributed by atoms with Gasteiger partial charge in [0.2, 0.25) is 0 Å². The lowest BCUT2D eigenvalue weighted by atomic mass is 10.0. The number of hydrogen-bond acceptors (Lipinski definition) is 7. The fourth-order valence-electron chi connectivity index (χ4n) is 3.97. The third-order valence-electron chi connectivity index (χ3n) is 5.94. The zero-order valence-corrected chi connectivity index (χ0v) is 21.6. The quantitative estimate of drug-likeness (QED) is 0.161. The van der Waals surface area contributed by atoms with Crippen LogP contribution >= 0.6 is 11.8 Å². The van der Waals surface area contributed by atoms with Crippen LogP contribution in [0.3, 0.4) is 0 Å². The van der Waals surface area contributed by atoms with Gasteiger partial charge in [0.05, 0.1) is 19.1 Å². The molecule has 5 rings (SSSR count). The molecule has 0 aliphatic rings. The molecule has 0 atom stereocenters. The smallest absolute Gasteiger partial charge is 0.250 e. The molecular formula is C29H25N5O3S. The zero-order chi connectivity index (χ0) is 26.5. The summed E-state index contributed by atoms with van der Waals surface area (Å²) in [4.78, 5) is 12.6. The highest BCUT2D eigenvalue weighted by Crippen LogP contribution is 2.29. The van der Waals surface area contributed by atoms with Gasteiger partial charge in [-0.1, -0.05) is 71.9 Å². The van der Waals surface area contributed by atoms with E-state index < -0.39 is 0 Å². The average Bonchev–Trinajstić information content (AvgIpc) is 3.37. The first-order valence-electron chi connectivity index (χ1n) is 11.9. The third-order valence-corrected chi connectivity index (χ3v) is 6.87. The molecule has 0 bridgehead atoms. The molecule has 38 heavy (non-hydrogen) atoms. The van der Waals surface area contributed by atoms with E-state index in [1.807, 2.05) is 90.4 Å². The summed E-state index contributed by atoms with van der Waals surface area (Å²) >= 11 is 1.25. The molecule has 1 aromatic heterocycles. The lowest BCUT2D eigenvalue weighted by Gasteiger charge is -2.11. The second-order valence-electron chi connectivity index (χ2n) is 8.51. The van der Waals surface area contributed by atoms with Crippen LogP contribution in [0, 0.1) is 6.92 Å². The van der Waals surface area contributed by atoms with Crippen LogP contribution in [0.4, 0.5) is 0 Å². The fourth-order valence-corrected chi connectivity index (χ4v) is 4.71. The number of methoxy groups -OCH3 is 1. The highest BCUT2D eigenvalue weighted by Gasteiger charge is 2.17. The Morgan fingerprint density at radius 1 is 1.03 bits per heavy atom. The molecule has 1 heterocycles. The summed E-state index contributed by atoms with van der Waals surface area (Å²) in [6, 6.07) is 26.7. The number of benzene rings is 4. The van der Waals surface area contributed by atoms with Gasteiger partial charge in [-0.15, -0.1) is 10.2 Å². The number of amides is 1. The number of aromatic hydroxyl groups is 1. The highest BCUT2D eigenvalue weighted by molar-refractivity contribution is 7.99. The Bertz CT molecular complexity index is 1610. The number of nitrogens with one attached hydrogen (secondary N) is 1. The largest absolute Gasteiger partial charge is 0.507 e. The lowest BCUT2D eigenvalue weighted by Crippen LogP contribution is -2.20. The minimum absolute atomic E-state index is 0.0705. The first-order valence-corrected chi connectivity index (χ1v) is 12.8. The van der Waals surface area contributed by atoms with Crippen molar-refractivity contribution in [1.29, 1.82) is 0 Å². The molecule has 1 amide bonds. The summed E-state index contributed by atoms with van der Waals surface area (Å²) in [5.74, 6) is 1.26. The van der Waals surface area contributed by atoms with Gasteiger partial charge in [0.25, 0.3) is 5.91 Å². The second-order valence-corrected chi connectivity index (χ2v) is 9.45. The lowest BCUT2D eigenvalue weighted by molar-refractivity contribution is -0.118. The number of nitrogens with zero attached hydrogens (tertiary/aromatic N) is 4. The Morgan fingerprint density at radius 3 is 2.55 bits per heavy atom. The van der Waals surface area contributed by atoms with Crippen LogP contribution in [0.2, 0.25) is 0 Å². The number of hydrazone groups is 1. The first-order chi connectivity index (χ1) is 18.5. The highest BCUT2D eigenvalue weighted by atomic mass is 32.2. The molecule has 0 radical (unpaired) electrons. The molecule has 0 spiro atoms. The fraction of sp³-hybridized carbons (Fsp3) is 0.103. The maximum absolute atomic E-state index is 12.6. The van der Waals surface area contributed by atoms with Crippen molar-refractivity contribution in [2.75, 3.05) is 12.9 Å². The Hall–Kier alpha value is -4.63. The molecule has 0 saturated carbocycles. The maximum Gasteiger partial charge on any atom is 0.250 e. The predicted molar refractivity (Wildman–Crippen MR) is 150 cm³/mol. The topological polar surface area (TPSA) is 102 Å². The van der Waals surface area contributed by atoms with E-state index in [0.29, 0.717) is 16.5 Å². The molecule has 4 aromatic carbocycles. The van der Waals surface area contributed by atoms with Crippen molar-refractivity contribution < 1.29 is 14.6 Å². The molecule has 0 aliphatic carbocycles. The van der Waals surface area contributed by atoms with Crippen LogP contribution in [0.15, 0.2) is 95.2 Å². The van der Waals surface area contributed by atoms with Crippen LogP contribution in [-0.2, 0) is 4.79 Å². The number of rotatable bonds is 8. The number of fused-ring (bicyclic) bond motifs is 1. The number of phenols is 1. The number of hydrogen-bond donors (Lipinski definition) is 2. The second kappa shape index (κ2) is 11.2. The zero-order valence-electron chi connectivity index (χ0n) is 20.8. The first kappa shape index (κ1) is 25.0.